The van der Waals surface area contributed by atoms with E-state index in [-0.39, 0.29) is 17.1 Å². The SMILES string of the molecule is COc1ccc(N[C@@H]2O[C@@H](CO)[C@@H](O)[C@@H](O)[C@@H]2O)c([N+](=O)[O-])c1. The molecule has 1 aliphatic heterocycles. The van der Waals surface area contributed by atoms with Gasteiger partial charge in [0, 0.05) is 0 Å². The molecule has 1 heterocycles. The number of methoxy groups -OCH3 is 1. The zero-order valence-electron chi connectivity index (χ0n) is 12.2. The molecule has 1 aromatic carbocycles. The fourth-order valence-electron chi connectivity index (χ4n) is 2.29. The molecule has 23 heavy (non-hydrogen) atoms. The van der Waals surface area contributed by atoms with Crippen LogP contribution in [0.3, 0.4) is 0 Å². The van der Waals surface area contributed by atoms with Crippen molar-refractivity contribution >= 4 is 11.4 Å². The quantitative estimate of drug-likeness (QED) is 0.331. The summed E-state index contributed by atoms with van der Waals surface area (Å²) >= 11 is 0. The standard InChI is InChI=1S/C13H18N2O8/c1-22-6-2-3-7(8(4-6)15(20)21)14-13-12(19)11(18)10(17)9(5-16)23-13/h2-4,9-14,16-19H,5H2,1H3/t9-,10+,11+,12-,13+/m0/s1. The molecule has 0 amide bonds. The predicted molar refractivity (Wildman–Crippen MR) is 77.0 cm³/mol. The molecule has 1 fully saturated rings. The first-order chi connectivity index (χ1) is 10.9. The van der Waals surface area contributed by atoms with Crippen molar-refractivity contribution in [2.75, 3.05) is 19.0 Å². The summed E-state index contributed by atoms with van der Waals surface area (Å²) in [6, 6.07) is 4.02. The number of hydrogen-bond acceptors (Lipinski definition) is 9. The van der Waals surface area contributed by atoms with Gasteiger partial charge < -0.3 is 35.2 Å². The van der Waals surface area contributed by atoms with Crippen LogP contribution in [0.4, 0.5) is 11.4 Å². The van der Waals surface area contributed by atoms with E-state index in [9.17, 15) is 25.4 Å². The highest BCUT2D eigenvalue weighted by Crippen LogP contribution is 2.31. The second kappa shape index (κ2) is 7.06. The molecule has 5 N–H and O–H groups in total. The lowest BCUT2D eigenvalue weighted by Crippen LogP contribution is -2.60. The maximum atomic E-state index is 11.1. The molecular formula is C13H18N2O8. The Labute approximate surface area is 131 Å². The summed E-state index contributed by atoms with van der Waals surface area (Å²) in [5.41, 5.74) is -0.290. The van der Waals surface area contributed by atoms with E-state index in [1.165, 1.54) is 25.3 Å². The zero-order chi connectivity index (χ0) is 17.1. The number of ether oxygens (including phenoxy) is 2. The smallest absolute Gasteiger partial charge is 0.296 e. The van der Waals surface area contributed by atoms with Gasteiger partial charge >= 0.3 is 0 Å². The third-order valence-corrected chi connectivity index (χ3v) is 3.59. The molecule has 1 aromatic rings. The Balaban J connectivity index is 2.25. The van der Waals surface area contributed by atoms with Crippen molar-refractivity contribution in [3.63, 3.8) is 0 Å². The summed E-state index contributed by atoms with van der Waals surface area (Å²) < 4.78 is 10.2. The van der Waals surface area contributed by atoms with Crippen LogP contribution in [0.25, 0.3) is 0 Å². The summed E-state index contributed by atoms with van der Waals surface area (Å²) in [5, 5.41) is 52.2. The minimum atomic E-state index is -1.57. The van der Waals surface area contributed by atoms with Gasteiger partial charge in [-0.3, -0.25) is 10.1 Å². The summed E-state index contributed by atoms with van der Waals surface area (Å²) in [4.78, 5) is 10.5. The molecule has 0 bridgehead atoms. The van der Waals surface area contributed by atoms with Crippen molar-refractivity contribution in [2.45, 2.75) is 30.6 Å². The van der Waals surface area contributed by atoms with E-state index in [4.69, 9.17) is 14.6 Å². The molecule has 10 nitrogen and oxygen atoms in total. The van der Waals surface area contributed by atoms with Gasteiger partial charge in [-0.05, 0) is 12.1 Å². The van der Waals surface area contributed by atoms with E-state index in [0.717, 1.165) is 0 Å². The minimum Gasteiger partial charge on any atom is -0.496 e. The molecular weight excluding hydrogens is 312 g/mol. The van der Waals surface area contributed by atoms with E-state index < -0.39 is 42.2 Å². The first-order valence-corrected chi connectivity index (χ1v) is 6.78. The molecule has 1 aliphatic rings. The van der Waals surface area contributed by atoms with E-state index in [1.807, 2.05) is 0 Å². The second-order valence-corrected chi connectivity index (χ2v) is 5.03. The fourth-order valence-corrected chi connectivity index (χ4v) is 2.29. The lowest BCUT2D eigenvalue weighted by atomic mass is 9.98. The van der Waals surface area contributed by atoms with Crippen molar-refractivity contribution in [3.8, 4) is 5.75 Å². The van der Waals surface area contributed by atoms with Gasteiger partial charge in [0.2, 0.25) is 0 Å². The van der Waals surface area contributed by atoms with Gasteiger partial charge in [0.25, 0.3) is 5.69 Å². The zero-order valence-corrected chi connectivity index (χ0v) is 12.2. The lowest BCUT2D eigenvalue weighted by molar-refractivity contribution is -0.384. The van der Waals surface area contributed by atoms with Crippen molar-refractivity contribution in [1.82, 2.24) is 0 Å². The van der Waals surface area contributed by atoms with Gasteiger partial charge in [-0.25, -0.2) is 0 Å². The van der Waals surface area contributed by atoms with Gasteiger partial charge in [0.15, 0.2) is 6.23 Å². The number of nitro benzene ring substituents is 1. The van der Waals surface area contributed by atoms with Gasteiger partial charge in [-0.1, -0.05) is 0 Å². The van der Waals surface area contributed by atoms with E-state index in [2.05, 4.69) is 5.32 Å². The summed E-state index contributed by atoms with van der Waals surface area (Å²) in [5.74, 6) is 0.274. The number of benzene rings is 1. The van der Waals surface area contributed by atoms with Crippen LogP contribution in [0.15, 0.2) is 18.2 Å². The molecule has 0 aliphatic carbocycles. The van der Waals surface area contributed by atoms with Crippen LogP contribution in [0.5, 0.6) is 5.75 Å². The first kappa shape index (κ1) is 17.4. The summed E-state index contributed by atoms with van der Waals surface area (Å²) in [6.07, 6.45) is -6.98. The average molecular weight is 330 g/mol. The molecule has 0 aromatic heterocycles. The van der Waals surface area contributed by atoms with Gasteiger partial charge in [0.05, 0.1) is 24.7 Å². The van der Waals surface area contributed by atoms with Crippen molar-refractivity contribution in [1.29, 1.82) is 0 Å². The van der Waals surface area contributed by atoms with E-state index in [1.54, 1.807) is 0 Å². The van der Waals surface area contributed by atoms with E-state index >= 15 is 0 Å². The number of aliphatic hydroxyl groups is 4. The average Bonchev–Trinajstić information content (AvgIpc) is 2.55. The highest BCUT2D eigenvalue weighted by atomic mass is 16.6. The van der Waals surface area contributed by atoms with E-state index in [0.29, 0.717) is 0 Å². The van der Waals surface area contributed by atoms with Crippen molar-refractivity contribution in [2.24, 2.45) is 0 Å². The highest BCUT2D eigenvalue weighted by molar-refractivity contribution is 5.64. The van der Waals surface area contributed by atoms with Crippen molar-refractivity contribution < 1.29 is 34.8 Å². The number of nitrogens with one attached hydrogen (secondary N) is 1. The van der Waals surface area contributed by atoms with Gasteiger partial charge in [0.1, 0.15) is 35.9 Å². The van der Waals surface area contributed by atoms with Crippen molar-refractivity contribution in [3.05, 3.63) is 28.3 Å². The van der Waals surface area contributed by atoms with Crippen LogP contribution in [0.1, 0.15) is 0 Å². The number of nitro groups is 1. The largest absolute Gasteiger partial charge is 0.496 e. The minimum absolute atomic E-state index is 0.0279. The molecule has 5 atom stereocenters. The first-order valence-electron chi connectivity index (χ1n) is 6.78. The third kappa shape index (κ3) is 3.51. The Morgan fingerprint density at radius 3 is 2.57 bits per heavy atom. The summed E-state index contributed by atoms with van der Waals surface area (Å²) in [7, 11) is 1.36. The second-order valence-electron chi connectivity index (χ2n) is 5.03. The lowest BCUT2D eigenvalue weighted by Gasteiger charge is -2.40. The Morgan fingerprint density at radius 1 is 1.30 bits per heavy atom. The highest BCUT2D eigenvalue weighted by Gasteiger charge is 2.43. The normalized spacial score (nSPS) is 30.7. The molecule has 128 valence electrons. The van der Waals surface area contributed by atoms with Crippen LogP contribution in [-0.2, 0) is 4.74 Å². The van der Waals surface area contributed by atoms with Gasteiger partial charge in [-0.2, -0.15) is 0 Å². The molecule has 0 saturated carbocycles. The Morgan fingerprint density at radius 2 is 2.00 bits per heavy atom. The fraction of sp³-hybridized carbons (Fsp3) is 0.538. The predicted octanol–water partition coefficient (Wildman–Crippen LogP) is -1.18. The third-order valence-electron chi connectivity index (χ3n) is 3.59. The molecule has 1 saturated heterocycles. The number of hydrogen-bond donors (Lipinski definition) is 5. The molecule has 0 radical (unpaired) electrons. The molecule has 0 spiro atoms. The Bertz CT molecular complexity index is 567. The maximum Gasteiger partial charge on any atom is 0.296 e. The number of aliphatic hydroxyl groups excluding tert-OH is 4. The Hall–Kier alpha value is -1.98. The molecule has 10 heteroatoms. The summed E-state index contributed by atoms with van der Waals surface area (Å²) in [6.45, 7) is -0.589. The van der Waals surface area contributed by atoms with Crippen LogP contribution in [-0.4, -0.2) is 69.7 Å². The Kier molecular flexibility index (Phi) is 5.34. The topological polar surface area (TPSA) is 155 Å². The van der Waals surface area contributed by atoms with Crippen LogP contribution in [0.2, 0.25) is 0 Å². The maximum absolute atomic E-state index is 11.1. The van der Waals surface area contributed by atoms with Crippen LogP contribution in [0, 0.1) is 10.1 Å². The monoisotopic (exact) mass is 330 g/mol. The number of nitrogens with zero attached hydrogens (tertiary/aromatic N) is 1. The number of anilines is 1. The van der Waals surface area contributed by atoms with Crippen LogP contribution < -0.4 is 10.1 Å². The molecule has 0 unspecified atom stereocenters. The van der Waals surface area contributed by atoms with Crippen LogP contribution >= 0.6 is 0 Å². The molecule has 2 rings (SSSR count). The van der Waals surface area contributed by atoms with Gasteiger partial charge in [-0.15, -0.1) is 0 Å². The number of rotatable bonds is 5.